The van der Waals surface area contributed by atoms with E-state index in [9.17, 15) is 8.42 Å². The largest absolute Gasteiger partial charge is 0.219 e. The third-order valence-electron chi connectivity index (χ3n) is 0.713. The molecule has 0 aromatic carbocycles. The maximum absolute atomic E-state index is 9.98. The van der Waals surface area contributed by atoms with E-state index in [4.69, 9.17) is 0 Å². The standard InChI is InChI=1S/C3H4O2S/c1-3-2-6(3,4)5/h2H,1H3. The van der Waals surface area contributed by atoms with Crippen molar-refractivity contribution in [2.24, 2.45) is 0 Å². The van der Waals surface area contributed by atoms with Gasteiger partial charge in [0.25, 0.3) is 0 Å². The van der Waals surface area contributed by atoms with Gasteiger partial charge < -0.3 is 0 Å². The van der Waals surface area contributed by atoms with Gasteiger partial charge in [-0.05, 0) is 6.92 Å². The van der Waals surface area contributed by atoms with Crippen molar-refractivity contribution >= 4 is 9.84 Å². The van der Waals surface area contributed by atoms with Gasteiger partial charge in [-0.1, -0.05) is 0 Å². The zero-order valence-electron chi connectivity index (χ0n) is 3.30. The van der Waals surface area contributed by atoms with Crippen LogP contribution in [0.3, 0.4) is 0 Å². The van der Waals surface area contributed by atoms with Gasteiger partial charge in [-0.2, -0.15) is 0 Å². The maximum atomic E-state index is 9.98. The summed E-state index contributed by atoms with van der Waals surface area (Å²) < 4.78 is 20.0. The van der Waals surface area contributed by atoms with E-state index in [1.54, 1.807) is 6.92 Å². The molecule has 0 atom stereocenters. The molecular formula is C3H4O2S. The van der Waals surface area contributed by atoms with Crippen molar-refractivity contribution < 1.29 is 8.42 Å². The molecule has 0 unspecified atom stereocenters. The molecule has 6 heavy (non-hydrogen) atoms. The summed E-state index contributed by atoms with van der Waals surface area (Å²) in [6, 6.07) is 0. The highest BCUT2D eigenvalue weighted by molar-refractivity contribution is 8.04. The Balaban J connectivity index is 3.07. The van der Waals surface area contributed by atoms with Crippen molar-refractivity contribution in [2.75, 3.05) is 0 Å². The third-order valence-corrected chi connectivity index (χ3v) is 2.14. The van der Waals surface area contributed by atoms with E-state index in [0.29, 0.717) is 4.91 Å². The van der Waals surface area contributed by atoms with Gasteiger partial charge in [-0.3, -0.25) is 0 Å². The molecule has 0 N–H and O–H groups in total. The Bertz CT molecular complexity index is 185. The molecule has 0 radical (unpaired) electrons. The highest BCUT2D eigenvalue weighted by Gasteiger charge is 2.23. The van der Waals surface area contributed by atoms with Crippen LogP contribution in [0.15, 0.2) is 10.3 Å². The van der Waals surface area contributed by atoms with Crippen molar-refractivity contribution in [3.8, 4) is 0 Å². The van der Waals surface area contributed by atoms with Gasteiger partial charge in [-0.25, -0.2) is 8.42 Å². The molecule has 2 nitrogen and oxygen atoms in total. The number of hydrogen-bond donors (Lipinski definition) is 0. The summed E-state index contributed by atoms with van der Waals surface area (Å²) in [6.45, 7) is 1.58. The second-order valence-electron chi connectivity index (χ2n) is 1.27. The smallest absolute Gasteiger partial charge is 0.197 e. The molecule has 0 fully saturated rings. The molecule has 1 aliphatic heterocycles. The Hall–Kier alpha value is -0.310. The van der Waals surface area contributed by atoms with Crippen molar-refractivity contribution in [2.45, 2.75) is 6.92 Å². The van der Waals surface area contributed by atoms with Gasteiger partial charge >= 0.3 is 0 Å². The molecule has 0 bridgehead atoms. The molecule has 1 aliphatic rings. The third kappa shape index (κ3) is 0.354. The highest BCUT2D eigenvalue weighted by Crippen LogP contribution is 2.22. The minimum absolute atomic E-state index is 0.502. The zero-order chi connectivity index (χ0) is 4.78. The predicted molar refractivity (Wildman–Crippen MR) is 22.7 cm³/mol. The summed E-state index contributed by atoms with van der Waals surface area (Å²) in [5, 5.41) is 1.24. The van der Waals surface area contributed by atoms with Crippen molar-refractivity contribution in [1.82, 2.24) is 0 Å². The topological polar surface area (TPSA) is 34.1 Å². The Kier molecular flexibility index (Phi) is 0.438. The molecule has 34 valence electrons. The van der Waals surface area contributed by atoms with E-state index in [-0.39, 0.29) is 0 Å². The molecule has 0 aromatic rings. The van der Waals surface area contributed by atoms with Crippen molar-refractivity contribution in [1.29, 1.82) is 0 Å². The van der Waals surface area contributed by atoms with Crippen LogP contribution >= 0.6 is 0 Å². The van der Waals surface area contributed by atoms with Gasteiger partial charge in [0.15, 0.2) is 9.84 Å². The first-order valence-corrected chi connectivity index (χ1v) is 3.11. The van der Waals surface area contributed by atoms with Crippen LogP contribution in [0.4, 0.5) is 0 Å². The number of allylic oxidation sites excluding steroid dienone is 1. The Morgan fingerprint density at radius 1 is 1.67 bits per heavy atom. The summed E-state index contributed by atoms with van der Waals surface area (Å²) in [5.74, 6) is 0. The fraction of sp³-hybridized carbons (Fsp3) is 0.333. The fourth-order valence-electron chi connectivity index (χ4n) is 0.194. The van der Waals surface area contributed by atoms with E-state index in [1.807, 2.05) is 0 Å². The van der Waals surface area contributed by atoms with Crippen LogP contribution < -0.4 is 0 Å². The van der Waals surface area contributed by atoms with Crippen molar-refractivity contribution in [3.05, 3.63) is 10.3 Å². The normalized spacial score (nSPS) is 25.8. The lowest BCUT2D eigenvalue weighted by molar-refractivity contribution is 0.616. The van der Waals surface area contributed by atoms with Crippen LogP contribution in [0.25, 0.3) is 0 Å². The summed E-state index contributed by atoms with van der Waals surface area (Å²) in [5.41, 5.74) is 0. The van der Waals surface area contributed by atoms with Crippen LogP contribution in [0.1, 0.15) is 6.92 Å². The second kappa shape index (κ2) is 0.680. The molecule has 3 heteroatoms. The number of sulfone groups is 1. The van der Waals surface area contributed by atoms with E-state index < -0.39 is 9.84 Å². The molecule has 0 spiro atoms. The Morgan fingerprint density at radius 3 is 1.83 bits per heavy atom. The average molecular weight is 104 g/mol. The molecular weight excluding hydrogens is 100 g/mol. The monoisotopic (exact) mass is 104 g/mol. The summed E-state index contributed by atoms with van der Waals surface area (Å²) in [7, 11) is -2.70. The van der Waals surface area contributed by atoms with Gasteiger partial charge in [0.1, 0.15) is 0 Å². The molecule has 0 aromatic heterocycles. The maximum Gasteiger partial charge on any atom is 0.197 e. The van der Waals surface area contributed by atoms with E-state index in [2.05, 4.69) is 0 Å². The van der Waals surface area contributed by atoms with E-state index in [0.717, 1.165) is 0 Å². The fourth-order valence-corrected chi connectivity index (χ4v) is 0.819. The lowest BCUT2D eigenvalue weighted by atomic mass is 10.8. The van der Waals surface area contributed by atoms with E-state index >= 15 is 0 Å². The van der Waals surface area contributed by atoms with Crippen LogP contribution in [0.2, 0.25) is 0 Å². The Labute approximate surface area is 36.4 Å². The SMILES string of the molecule is CC1=CS1(=O)=O. The number of rotatable bonds is 0. The minimum atomic E-state index is -2.70. The molecule has 0 saturated heterocycles. The van der Waals surface area contributed by atoms with Crippen LogP contribution in [0, 0.1) is 0 Å². The quantitative estimate of drug-likeness (QED) is 0.442. The number of hydrogen-bond acceptors (Lipinski definition) is 2. The molecule has 0 aliphatic carbocycles. The lowest BCUT2D eigenvalue weighted by Gasteiger charge is -1.59. The van der Waals surface area contributed by atoms with Crippen LogP contribution in [-0.4, -0.2) is 8.42 Å². The predicted octanol–water partition coefficient (Wildman–Crippen LogP) is 0.276. The first-order valence-electron chi connectivity index (χ1n) is 1.56. The molecule has 0 saturated carbocycles. The minimum Gasteiger partial charge on any atom is -0.219 e. The first-order chi connectivity index (χ1) is 2.63. The van der Waals surface area contributed by atoms with Crippen LogP contribution in [-0.2, 0) is 9.84 Å². The summed E-state index contributed by atoms with van der Waals surface area (Å²) in [4.78, 5) is 0.502. The van der Waals surface area contributed by atoms with Crippen LogP contribution in [0.5, 0.6) is 0 Å². The van der Waals surface area contributed by atoms with Gasteiger partial charge in [0.05, 0.1) is 4.91 Å². The lowest BCUT2D eigenvalue weighted by Crippen LogP contribution is -1.67. The zero-order valence-corrected chi connectivity index (χ0v) is 4.12. The van der Waals surface area contributed by atoms with Crippen molar-refractivity contribution in [3.63, 3.8) is 0 Å². The second-order valence-corrected chi connectivity index (χ2v) is 3.24. The molecule has 1 heterocycles. The highest BCUT2D eigenvalue weighted by atomic mass is 32.2. The molecule has 0 amide bonds. The summed E-state index contributed by atoms with van der Waals surface area (Å²) >= 11 is 0. The molecule has 1 rings (SSSR count). The average Bonchev–Trinajstić information content (AvgIpc) is 1.73. The summed E-state index contributed by atoms with van der Waals surface area (Å²) in [6.07, 6.45) is 0. The van der Waals surface area contributed by atoms with Gasteiger partial charge in [0, 0.05) is 5.41 Å². The Morgan fingerprint density at radius 2 is 1.83 bits per heavy atom. The van der Waals surface area contributed by atoms with Gasteiger partial charge in [0.2, 0.25) is 0 Å². The van der Waals surface area contributed by atoms with Gasteiger partial charge in [-0.15, -0.1) is 0 Å². The first kappa shape index (κ1) is 3.87. The van der Waals surface area contributed by atoms with E-state index in [1.165, 1.54) is 5.41 Å².